The number of carbonyl (C=O) groups is 2. The molecule has 0 spiro atoms. The number of halogens is 6. The van der Waals surface area contributed by atoms with Gasteiger partial charge in [0, 0.05) is 0 Å². The fraction of sp³-hybridized carbons (Fsp3) is 0.333. The van der Waals surface area contributed by atoms with Crippen molar-refractivity contribution < 1.29 is 40.7 Å². The molecule has 2 N–H and O–H groups in total. The SMILES string of the molecule is O=C(CNC(=O)c1ccccc1OC(F)(F)F)NCC(F)(F)F. The average molecular weight is 344 g/mol. The second-order valence-electron chi connectivity index (χ2n) is 4.12. The minimum absolute atomic E-state index is 0.520. The van der Waals surface area contributed by atoms with Crippen LogP contribution in [0.4, 0.5) is 26.3 Å². The second kappa shape index (κ2) is 7.20. The molecule has 1 rings (SSSR count). The minimum Gasteiger partial charge on any atom is -0.405 e. The van der Waals surface area contributed by atoms with E-state index in [0.717, 1.165) is 12.1 Å². The summed E-state index contributed by atoms with van der Waals surface area (Å²) < 4.78 is 75.8. The number of carbonyl (C=O) groups excluding carboxylic acids is 2. The van der Waals surface area contributed by atoms with Gasteiger partial charge in [0.05, 0.1) is 12.1 Å². The summed E-state index contributed by atoms with van der Waals surface area (Å²) in [5.41, 5.74) is -0.520. The summed E-state index contributed by atoms with van der Waals surface area (Å²) in [6.45, 7) is -2.43. The highest BCUT2D eigenvalue weighted by Crippen LogP contribution is 2.26. The van der Waals surface area contributed by atoms with E-state index in [0.29, 0.717) is 0 Å². The number of ether oxygens (including phenoxy) is 1. The maximum Gasteiger partial charge on any atom is 0.573 e. The zero-order valence-corrected chi connectivity index (χ0v) is 11.2. The summed E-state index contributed by atoms with van der Waals surface area (Å²) >= 11 is 0. The molecule has 0 radical (unpaired) electrons. The number of rotatable bonds is 5. The largest absolute Gasteiger partial charge is 0.573 e. The van der Waals surface area contributed by atoms with Gasteiger partial charge in [-0.3, -0.25) is 9.59 Å². The Bertz CT molecular complexity index is 571. The van der Waals surface area contributed by atoms with Crippen molar-refractivity contribution in [1.29, 1.82) is 0 Å². The van der Waals surface area contributed by atoms with Crippen molar-refractivity contribution in [2.45, 2.75) is 12.5 Å². The van der Waals surface area contributed by atoms with Crippen molar-refractivity contribution in [2.24, 2.45) is 0 Å². The maximum absolute atomic E-state index is 12.2. The Hall–Kier alpha value is -2.46. The van der Waals surface area contributed by atoms with Gasteiger partial charge < -0.3 is 15.4 Å². The molecule has 0 aliphatic rings. The molecule has 0 atom stereocenters. The molecule has 0 aliphatic carbocycles. The molecule has 128 valence electrons. The Morgan fingerprint density at radius 3 is 2.17 bits per heavy atom. The summed E-state index contributed by atoms with van der Waals surface area (Å²) in [5, 5.41) is 3.39. The van der Waals surface area contributed by atoms with Gasteiger partial charge in [-0.2, -0.15) is 13.2 Å². The summed E-state index contributed by atoms with van der Waals surface area (Å²) in [4.78, 5) is 22.8. The van der Waals surface area contributed by atoms with Crippen LogP contribution in [0.15, 0.2) is 24.3 Å². The van der Waals surface area contributed by atoms with Crippen molar-refractivity contribution in [1.82, 2.24) is 10.6 Å². The smallest absolute Gasteiger partial charge is 0.405 e. The van der Waals surface area contributed by atoms with Crippen LogP contribution in [0.2, 0.25) is 0 Å². The highest BCUT2D eigenvalue weighted by molar-refractivity contribution is 5.98. The van der Waals surface area contributed by atoms with E-state index < -0.39 is 48.8 Å². The van der Waals surface area contributed by atoms with E-state index in [-0.39, 0.29) is 0 Å². The lowest BCUT2D eigenvalue weighted by Gasteiger charge is -2.13. The van der Waals surface area contributed by atoms with Crippen molar-refractivity contribution in [3.05, 3.63) is 29.8 Å². The number of benzene rings is 1. The van der Waals surface area contributed by atoms with Crippen LogP contribution in [0.3, 0.4) is 0 Å². The average Bonchev–Trinajstić information content (AvgIpc) is 2.40. The molecule has 23 heavy (non-hydrogen) atoms. The third-order valence-electron chi connectivity index (χ3n) is 2.25. The molecule has 0 heterocycles. The normalized spacial score (nSPS) is 11.7. The molecule has 0 aromatic heterocycles. The number of alkyl halides is 6. The number of nitrogens with one attached hydrogen (secondary N) is 2. The predicted octanol–water partition coefficient (Wildman–Crippen LogP) is 1.99. The molecular formula is C12H10F6N2O3. The van der Waals surface area contributed by atoms with E-state index in [1.807, 2.05) is 5.32 Å². The van der Waals surface area contributed by atoms with Gasteiger partial charge in [0.1, 0.15) is 12.3 Å². The highest BCUT2D eigenvalue weighted by Gasteiger charge is 2.33. The van der Waals surface area contributed by atoms with E-state index in [4.69, 9.17) is 0 Å². The lowest BCUT2D eigenvalue weighted by Crippen LogP contribution is -2.41. The molecule has 0 saturated heterocycles. The fourth-order valence-electron chi connectivity index (χ4n) is 1.38. The maximum atomic E-state index is 12.2. The Morgan fingerprint density at radius 1 is 1.00 bits per heavy atom. The molecular weight excluding hydrogens is 334 g/mol. The van der Waals surface area contributed by atoms with E-state index >= 15 is 0 Å². The molecule has 5 nitrogen and oxygen atoms in total. The Kier molecular flexibility index (Phi) is 5.82. The third kappa shape index (κ3) is 7.38. The van der Waals surface area contributed by atoms with Crippen LogP contribution in [0.25, 0.3) is 0 Å². The van der Waals surface area contributed by atoms with Crippen LogP contribution < -0.4 is 15.4 Å². The molecule has 0 unspecified atom stereocenters. The predicted molar refractivity (Wildman–Crippen MR) is 64.5 cm³/mol. The van der Waals surface area contributed by atoms with Crippen LogP contribution in [-0.2, 0) is 4.79 Å². The first-order valence-corrected chi connectivity index (χ1v) is 5.94. The lowest BCUT2D eigenvalue weighted by molar-refractivity contribution is -0.274. The highest BCUT2D eigenvalue weighted by atomic mass is 19.4. The zero-order valence-electron chi connectivity index (χ0n) is 11.2. The molecule has 1 aromatic carbocycles. The summed E-state index contributed by atoms with van der Waals surface area (Å²) in [7, 11) is 0. The van der Waals surface area contributed by atoms with Crippen LogP contribution >= 0.6 is 0 Å². The van der Waals surface area contributed by atoms with Gasteiger partial charge in [-0.25, -0.2) is 0 Å². The number of hydrogen-bond acceptors (Lipinski definition) is 3. The van der Waals surface area contributed by atoms with Crippen molar-refractivity contribution >= 4 is 11.8 Å². The number of amides is 2. The lowest BCUT2D eigenvalue weighted by atomic mass is 10.2. The Labute approximate surface area is 125 Å². The molecule has 0 fully saturated rings. The topological polar surface area (TPSA) is 67.4 Å². The fourth-order valence-corrected chi connectivity index (χ4v) is 1.38. The van der Waals surface area contributed by atoms with Gasteiger partial charge in [0.25, 0.3) is 5.91 Å². The first kappa shape index (κ1) is 18.6. The first-order chi connectivity index (χ1) is 10.5. The molecule has 1 aromatic rings. The van der Waals surface area contributed by atoms with E-state index in [9.17, 15) is 35.9 Å². The first-order valence-electron chi connectivity index (χ1n) is 5.94. The van der Waals surface area contributed by atoms with Gasteiger partial charge in [-0.05, 0) is 12.1 Å². The number of para-hydroxylation sites is 1. The molecule has 0 bridgehead atoms. The van der Waals surface area contributed by atoms with Crippen LogP contribution in [-0.4, -0.2) is 37.4 Å². The quantitative estimate of drug-likeness (QED) is 0.803. The summed E-state index contributed by atoms with van der Waals surface area (Å²) in [5.74, 6) is -3.05. The molecule has 2 amide bonds. The minimum atomic E-state index is -5.03. The van der Waals surface area contributed by atoms with Gasteiger partial charge in [-0.15, -0.1) is 13.2 Å². The molecule has 0 saturated carbocycles. The van der Waals surface area contributed by atoms with Gasteiger partial charge in [-0.1, -0.05) is 12.1 Å². The Balaban J connectivity index is 2.63. The summed E-state index contributed by atoms with van der Waals surface area (Å²) in [6.07, 6.45) is -9.65. The van der Waals surface area contributed by atoms with E-state index in [1.54, 1.807) is 0 Å². The van der Waals surface area contributed by atoms with Crippen LogP contribution in [0.1, 0.15) is 10.4 Å². The van der Waals surface area contributed by atoms with Gasteiger partial charge in [0.15, 0.2) is 0 Å². The third-order valence-corrected chi connectivity index (χ3v) is 2.25. The van der Waals surface area contributed by atoms with Crippen LogP contribution in [0, 0.1) is 0 Å². The van der Waals surface area contributed by atoms with Crippen LogP contribution in [0.5, 0.6) is 5.75 Å². The zero-order chi connectivity index (χ0) is 17.7. The van der Waals surface area contributed by atoms with Crippen molar-refractivity contribution in [3.8, 4) is 5.75 Å². The standard InChI is InChI=1S/C12H10F6N2O3/c13-11(14,15)6-20-9(21)5-19-10(22)7-3-1-2-4-8(7)23-12(16,17)18/h1-4H,5-6H2,(H,19,22)(H,20,21). The second-order valence-corrected chi connectivity index (χ2v) is 4.12. The van der Waals surface area contributed by atoms with Crippen molar-refractivity contribution in [3.63, 3.8) is 0 Å². The molecule has 0 aliphatic heterocycles. The van der Waals surface area contributed by atoms with Crippen molar-refractivity contribution in [2.75, 3.05) is 13.1 Å². The van der Waals surface area contributed by atoms with E-state index in [2.05, 4.69) is 4.74 Å². The molecule has 11 heteroatoms. The van der Waals surface area contributed by atoms with E-state index in [1.165, 1.54) is 17.4 Å². The summed E-state index contributed by atoms with van der Waals surface area (Å²) in [6, 6.07) is 4.33. The monoisotopic (exact) mass is 344 g/mol. The Morgan fingerprint density at radius 2 is 1.61 bits per heavy atom. The number of hydrogen-bond donors (Lipinski definition) is 2. The van der Waals surface area contributed by atoms with Gasteiger partial charge >= 0.3 is 12.5 Å². The van der Waals surface area contributed by atoms with Gasteiger partial charge in [0.2, 0.25) is 5.91 Å².